The summed E-state index contributed by atoms with van der Waals surface area (Å²) in [5.74, 6) is -13.5. The normalized spacial score (nSPS) is 15.0. The fourth-order valence-electron chi connectivity index (χ4n) is 13.8. The van der Waals surface area contributed by atoms with Crippen molar-refractivity contribution in [3.8, 4) is 11.8 Å². The van der Waals surface area contributed by atoms with Gasteiger partial charge in [-0.25, -0.2) is 9.97 Å². The van der Waals surface area contributed by atoms with Crippen LogP contribution in [0.3, 0.4) is 0 Å². The van der Waals surface area contributed by atoms with E-state index in [1.807, 2.05) is 76.1 Å². The Balaban J connectivity index is 0.975. The second kappa shape index (κ2) is 47.9. The van der Waals surface area contributed by atoms with Gasteiger partial charge in [0.2, 0.25) is 64.7 Å². The fourth-order valence-corrected chi connectivity index (χ4v) is 16.6. The van der Waals surface area contributed by atoms with Crippen molar-refractivity contribution < 1.29 is 113 Å². The Morgan fingerprint density at radius 1 is 0.633 bits per heavy atom. The van der Waals surface area contributed by atoms with E-state index in [1.165, 1.54) is 84.3 Å². The number of amides is 10. The molecule has 0 saturated heterocycles. The Bertz CT molecular complexity index is 5310. The zero-order valence-electron chi connectivity index (χ0n) is 71.9. The maximum atomic E-state index is 14.3. The maximum absolute atomic E-state index is 14.3. The highest BCUT2D eigenvalue weighted by atomic mass is 33.1. The molecule has 0 radical (unpaired) electrons. The molecule has 15 N–H and O–H groups in total. The molecule has 5 aromatic rings. The molecule has 6 atom stereocenters. The van der Waals surface area contributed by atoms with Crippen LogP contribution in [0.5, 0.6) is 5.75 Å². The predicted molar refractivity (Wildman–Crippen MR) is 467 cm³/mol. The van der Waals surface area contributed by atoms with E-state index in [9.17, 15) is 104 Å². The molecule has 2 aromatic heterocycles. The molecule has 10 amide bonds. The number of rotatable bonds is 51. The number of likely N-dealkylation sites (N-methyl/N-ethyl adjacent to an activating group) is 1. The number of hydrogen-bond acceptors (Lipinski definition) is 26. The van der Waals surface area contributed by atoms with Crippen molar-refractivity contribution in [2.75, 3.05) is 56.2 Å². The summed E-state index contributed by atoms with van der Waals surface area (Å²) in [6, 6.07) is 7.07. The van der Waals surface area contributed by atoms with Gasteiger partial charge in [-0.1, -0.05) is 91.8 Å². The second-order valence-corrected chi connectivity index (χ2v) is 36.8. The van der Waals surface area contributed by atoms with Crippen LogP contribution in [0.4, 0.5) is 11.4 Å². The zero-order valence-corrected chi connectivity index (χ0v) is 75.1. The SMILES string of the molecule is CCSSC[C@@H](NC(=O)[C@@H](CC(=O)O)NC(=O)[C@H](NC(=O)[C@@H](CCC(=O)O)NC(=O)[C@@H](CC(=O)O)NC(C)=O)C(C)C)C(=O)NCC(=O)NC(Cc1cn(CCCNC(=O)CCCCC[N+]2=C(/C=C/C=C/C=C3/N(C)c4ccc(S(=O)(=O)O)cc4C3(C)C)C(C)(C)c3cc(S(=O)(=O)O)ccc32)nn1)C(=O)NCc1ccc(C(=O)NCCCOc2cnc(C#N)nc2)cc1. The molecule has 7 rings (SSSR count). The predicted octanol–water partition coefficient (Wildman–Crippen LogP) is 2.97. The molecular formula is C83H107N18O23S4+. The van der Waals surface area contributed by atoms with Crippen LogP contribution in [0.25, 0.3) is 0 Å². The molecule has 41 nitrogen and oxygen atoms in total. The van der Waals surface area contributed by atoms with E-state index in [-0.39, 0.29) is 78.6 Å². The van der Waals surface area contributed by atoms with Gasteiger partial charge in [0.05, 0.1) is 59.3 Å². The maximum Gasteiger partial charge on any atom is 0.305 e. The van der Waals surface area contributed by atoms with Gasteiger partial charge in [-0.3, -0.25) is 76.1 Å². The summed E-state index contributed by atoms with van der Waals surface area (Å²) in [6.45, 7) is 14.0. The number of carboxylic acid groups (broad SMARTS) is 3. The highest BCUT2D eigenvalue weighted by Gasteiger charge is 2.46. The molecule has 3 aromatic carbocycles. The molecule has 45 heteroatoms. The van der Waals surface area contributed by atoms with Crippen LogP contribution in [-0.4, -0.2) is 241 Å². The quantitative estimate of drug-likeness (QED) is 0.00875. The smallest absolute Gasteiger partial charge is 0.305 e. The number of nitriles is 1. The van der Waals surface area contributed by atoms with Gasteiger partial charge in [-0.15, -0.1) is 5.10 Å². The average Bonchev–Trinajstić information content (AvgIpc) is 1.59. The second-order valence-electron chi connectivity index (χ2n) is 31.2. The van der Waals surface area contributed by atoms with Crippen molar-refractivity contribution >= 4 is 136 Å². The number of carbonyl (C=O) groups excluding carboxylic acids is 10. The van der Waals surface area contributed by atoms with Gasteiger partial charge < -0.3 is 78.1 Å². The summed E-state index contributed by atoms with van der Waals surface area (Å²) in [5.41, 5.74) is 4.34. The first-order chi connectivity index (χ1) is 60.4. The number of anilines is 1. The van der Waals surface area contributed by atoms with Gasteiger partial charge in [-0.05, 0) is 112 Å². The number of unbranched alkanes of at least 4 members (excludes halogenated alkanes) is 2. The van der Waals surface area contributed by atoms with Crippen molar-refractivity contribution in [3.63, 3.8) is 0 Å². The number of carboxylic acids is 3. The molecule has 0 fully saturated rings. The van der Waals surface area contributed by atoms with E-state index >= 15 is 0 Å². The van der Waals surface area contributed by atoms with E-state index in [0.29, 0.717) is 66.8 Å². The van der Waals surface area contributed by atoms with Crippen LogP contribution < -0.4 is 62.8 Å². The Kier molecular flexibility index (Phi) is 38.4. The minimum atomic E-state index is -4.54. The van der Waals surface area contributed by atoms with Gasteiger partial charge in [0.15, 0.2) is 11.5 Å². The lowest BCUT2D eigenvalue weighted by atomic mass is 9.81. The van der Waals surface area contributed by atoms with Gasteiger partial charge in [-0.2, -0.15) is 26.7 Å². The highest BCUT2D eigenvalue weighted by Crippen LogP contribution is 2.48. The Morgan fingerprint density at radius 3 is 1.88 bits per heavy atom. The first-order valence-electron chi connectivity index (χ1n) is 40.7. The van der Waals surface area contributed by atoms with Gasteiger partial charge >= 0.3 is 17.9 Å². The van der Waals surface area contributed by atoms with Crippen molar-refractivity contribution in [2.24, 2.45) is 5.92 Å². The van der Waals surface area contributed by atoms with Gasteiger partial charge in [0.1, 0.15) is 48.9 Å². The third-order valence-electron chi connectivity index (χ3n) is 20.4. The van der Waals surface area contributed by atoms with Gasteiger partial charge in [0.25, 0.3) is 26.1 Å². The number of fused-ring (bicyclic) bond motifs is 2. The number of nitrogens with zero attached hydrogens (tertiary/aromatic N) is 8. The minimum Gasteiger partial charge on any atom is -0.490 e. The topological polar surface area (TPSA) is 607 Å². The monoisotopic (exact) mass is 1850 g/mol. The number of aryl methyl sites for hydroxylation is 1. The Morgan fingerprint density at radius 2 is 1.25 bits per heavy atom. The molecule has 0 bridgehead atoms. The summed E-state index contributed by atoms with van der Waals surface area (Å²) in [4.78, 5) is 180. The summed E-state index contributed by atoms with van der Waals surface area (Å²) in [5, 5.41) is 71.0. The number of nitrogens with one attached hydrogen (secondary N) is 10. The first-order valence-corrected chi connectivity index (χ1v) is 46.1. The molecule has 128 heavy (non-hydrogen) atoms. The number of aromatic nitrogens is 5. The highest BCUT2D eigenvalue weighted by molar-refractivity contribution is 8.76. The number of benzene rings is 3. The molecule has 690 valence electrons. The van der Waals surface area contributed by atoms with Crippen LogP contribution in [-0.2, 0) is 108 Å². The molecule has 4 heterocycles. The molecule has 2 aliphatic rings. The van der Waals surface area contributed by atoms with Crippen LogP contribution in [0.15, 0.2) is 125 Å². The molecule has 0 spiro atoms. The van der Waals surface area contributed by atoms with Crippen molar-refractivity contribution in [2.45, 2.75) is 196 Å². The van der Waals surface area contributed by atoms with E-state index in [2.05, 4.69) is 78.0 Å². The van der Waals surface area contributed by atoms with Crippen LogP contribution in [0.2, 0.25) is 0 Å². The molecule has 1 unspecified atom stereocenters. The molecule has 2 aliphatic heterocycles. The van der Waals surface area contributed by atoms with Crippen molar-refractivity contribution in [3.05, 3.63) is 149 Å². The molecular weight excluding hydrogens is 1750 g/mol. The third kappa shape index (κ3) is 30.9. The van der Waals surface area contributed by atoms with E-state index in [4.69, 9.17) is 10.00 Å². The van der Waals surface area contributed by atoms with Crippen LogP contribution in [0, 0.1) is 17.2 Å². The molecule has 0 saturated carbocycles. The lowest BCUT2D eigenvalue weighted by molar-refractivity contribution is -0.438. The summed E-state index contributed by atoms with van der Waals surface area (Å²) in [7, 11) is -4.74. The number of allylic oxidation sites excluding steroid dienone is 6. The average molecular weight is 1850 g/mol. The summed E-state index contributed by atoms with van der Waals surface area (Å²) >= 11 is 0. The lowest BCUT2D eigenvalue weighted by Crippen LogP contribution is -2.60. The largest absolute Gasteiger partial charge is 0.490 e. The number of carbonyl (C=O) groups is 13. The number of ether oxygens (including phenoxy) is 1. The Labute approximate surface area is 747 Å². The van der Waals surface area contributed by atoms with Crippen molar-refractivity contribution in [1.29, 1.82) is 5.26 Å². The third-order valence-corrected chi connectivity index (χ3v) is 24.6. The van der Waals surface area contributed by atoms with E-state index < -0.39 is 177 Å². The lowest BCUT2D eigenvalue weighted by Gasteiger charge is -2.28. The van der Waals surface area contributed by atoms with E-state index in [0.717, 1.165) is 46.1 Å². The Hall–Kier alpha value is -12.5. The first kappa shape index (κ1) is 103. The summed E-state index contributed by atoms with van der Waals surface area (Å²) < 4.78 is 77.6. The van der Waals surface area contributed by atoms with E-state index in [1.54, 1.807) is 31.2 Å². The standard InChI is InChI=1S/C83H106N18O23S4/c1-10-125-126-48-63(95-80(116)62(41-73(109)110)94-81(117)74(49(2)3)96-78(114)59(28-31-71(105)106)93-79(115)61(40-72(107)108)91-50(4)102)77(113)90-46-70(104)92-60(76(112)89-43-51-22-24-52(25-23-51)75(111)86-33-18-36-124-54-44-87-68(42-84)88-45-54)37-53-47-100(98-97-53)34-17-32-85-69(103)21-15-12-16-35-101-65-30-27-56(128(121,122)123)39-58(65)83(7,8)67(101)20-14-11-13-19-66-82(5,6)57-38-55(127(118,119)120)26-29-64(57)99(66)9/h11,13-14,19-20,22-27,29-30,38-39,44-45,47,49,59-63,74H,10,12,15-18,21,28,31-37,40-41,43,46,48H2,1-9H3,(H14-,85,86,89,90,91,92,93,94,95,96,102,103,104,105,106,107,108,109,110,111,112,113,114,115,116,117,118,119,120,121,122,123)/p+1/t59-,60?,61-,62-,63-,74-/m1/s1. The molecule has 0 aliphatic carbocycles. The minimum absolute atomic E-state index is 0.0179. The zero-order chi connectivity index (χ0) is 94.4. The van der Waals surface area contributed by atoms with Gasteiger partial charge in [0, 0.05) is 124 Å². The van der Waals surface area contributed by atoms with Crippen LogP contribution >= 0.6 is 21.6 Å². The number of hydrogen-bond donors (Lipinski definition) is 15. The fraction of sp³-hybridized carbons (Fsp3) is 0.458. The van der Waals surface area contributed by atoms with Crippen molar-refractivity contribution in [1.82, 2.24) is 78.1 Å². The summed E-state index contributed by atoms with van der Waals surface area (Å²) in [6.07, 6.45) is 12.8. The number of aliphatic carboxylic acids is 3. The van der Waals surface area contributed by atoms with Crippen LogP contribution in [0.1, 0.15) is 158 Å².